The molecule has 1 N–H and O–H groups in total. The molecular weight excluding hydrogens is 425 g/mol. The Morgan fingerprint density at radius 1 is 1.10 bits per heavy atom. The van der Waals surface area contributed by atoms with E-state index in [-0.39, 0.29) is 15.5 Å². The van der Waals surface area contributed by atoms with Gasteiger partial charge in [-0.15, -0.1) is 11.3 Å². The number of hydrogen-bond donors (Lipinski definition) is 1. The van der Waals surface area contributed by atoms with E-state index in [1.165, 1.54) is 16.4 Å². The van der Waals surface area contributed by atoms with Crippen LogP contribution >= 0.6 is 11.3 Å². The Balaban J connectivity index is 1.81. The SMILES string of the molecule is Cc1sc(S(=O)(=O)N2CCCCCC2)cc1NC(=O)c1cccc(C(F)(F)F)c1. The molecule has 2 heterocycles. The smallest absolute Gasteiger partial charge is 0.321 e. The maximum Gasteiger partial charge on any atom is 0.416 e. The fourth-order valence-electron chi connectivity index (χ4n) is 3.15. The standard InChI is InChI=1S/C19H21F3N2O3S2/c1-13-16(23-18(25)14-7-6-8-15(11-14)19(20,21)22)12-17(28-13)29(26,27)24-9-4-2-3-5-10-24/h6-8,11-12H,2-5,9-10H2,1H3,(H,23,25). The molecule has 5 nitrogen and oxygen atoms in total. The highest BCUT2D eigenvalue weighted by molar-refractivity contribution is 7.91. The normalized spacial score (nSPS) is 16.4. The average Bonchev–Trinajstić information content (AvgIpc) is 2.87. The molecule has 10 heteroatoms. The Hall–Kier alpha value is -1.91. The Morgan fingerprint density at radius 3 is 2.38 bits per heavy atom. The lowest BCUT2D eigenvalue weighted by Crippen LogP contribution is -2.31. The molecule has 0 aliphatic carbocycles. The molecule has 0 unspecified atom stereocenters. The quantitative estimate of drug-likeness (QED) is 0.727. The lowest BCUT2D eigenvalue weighted by molar-refractivity contribution is -0.137. The van der Waals surface area contributed by atoms with Gasteiger partial charge in [-0.05, 0) is 44.0 Å². The second-order valence-corrected chi connectivity index (χ2v) is 10.3. The van der Waals surface area contributed by atoms with E-state index in [4.69, 9.17) is 0 Å². The van der Waals surface area contributed by atoms with Crippen molar-refractivity contribution in [1.29, 1.82) is 0 Å². The first-order valence-electron chi connectivity index (χ1n) is 9.18. The van der Waals surface area contributed by atoms with Gasteiger partial charge in [-0.25, -0.2) is 8.42 Å². The topological polar surface area (TPSA) is 66.5 Å². The molecule has 1 fully saturated rings. The van der Waals surface area contributed by atoms with Gasteiger partial charge in [-0.3, -0.25) is 4.79 Å². The Labute approximate surface area is 171 Å². The highest BCUT2D eigenvalue weighted by atomic mass is 32.2. The maximum absolute atomic E-state index is 12.9. The van der Waals surface area contributed by atoms with Crippen molar-refractivity contribution < 1.29 is 26.4 Å². The number of rotatable bonds is 4. The van der Waals surface area contributed by atoms with E-state index in [0.717, 1.165) is 55.2 Å². The van der Waals surface area contributed by atoms with Gasteiger partial charge in [0, 0.05) is 23.5 Å². The largest absolute Gasteiger partial charge is 0.416 e. The van der Waals surface area contributed by atoms with Crippen LogP contribution in [0.5, 0.6) is 0 Å². The summed E-state index contributed by atoms with van der Waals surface area (Å²) < 4.78 is 66.0. The number of alkyl halides is 3. The van der Waals surface area contributed by atoms with Crippen LogP contribution < -0.4 is 5.32 Å². The van der Waals surface area contributed by atoms with Crippen LogP contribution in [0.3, 0.4) is 0 Å². The van der Waals surface area contributed by atoms with E-state index in [9.17, 15) is 26.4 Å². The van der Waals surface area contributed by atoms with Gasteiger partial charge in [0.25, 0.3) is 15.9 Å². The van der Waals surface area contributed by atoms with Crippen molar-refractivity contribution in [3.63, 3.8) is 0 Å². The van der Waals surface area contributed by atoms with Gasteiger partial charge < -0.3 is 5.32 Å². The first-order chi connectivity index (χ1) is 13.6. The van der Waals surface area contributed by atoms with Crippen LogP contribution in [0.1, 0.15) is 46.5 Å². The number of anilines is 1. The van der Waals surface area contributed by atoms with Crippen LogP contribution in [0, 0.1) is 6.92 Å². The molecular formula is C19H21F3N2O3S2. The molecule has 1 aliphatic rings. The molecule has 158 valence electrons. The molecule has 1 aromatic heterocycles. The van der Waals surface area contributed by atoms with Crippen molar-refractivity contribution in [2.45, 2.75) is 43.0 Å². The number of halogens is 3. The fraction of sp³-hybridized carbons (Fsp3) is 0.421. The fourth-order valence-corrected chi connectivity index (χ4v) is 6.22. The highest BCUT2D eigenvalue weighted by Gasteiger charge is 2.31. The predicted octanol–water partition coefficient (Wildman–Crippen LogP) is 4.89. The van der Waals surface area contributed by atoms with Crippen LogP contribution in [0.25, 0.3) is 0 Å². The van der Waals surface area contributed by atoms with E-state index in [1.807, 2.05) is 0 Å². The molecule has 0 atom stereocenters. The van der Waals surface area contributed by atoms with Gasteiger partial charge in [-0.1, -0.05) is 18.9 Å². The molecule has 0 saturated carbocycles. The Kier molecular flexibility index (Phi) is 6.35. The molecule has 1 amide bonds. The number of sulfonamides is 1. The van der Waals surface area contributed by atoms with Gasteiger partial charge in [-0.2, -0.15) is 17.5 Å². The van der Waals surface area contributed by atoms with Crippen LogP contribution in [-0.2, 0) is 16.2 Å². The van der Waals surface area contributed by atoms with Crippen molar-refractivity contribution in [2.24, 2.45) is 0 Å². The summed E-state index contributed by atoms with van der Waals surface area (Å²) in [5.74, 6) is -0.726. The second kappa shape index (κ2) is 8.45. The number of benzene rings is 1. The number of nitrogens with one attached hydrogen (secondary N) is 1. The third-order valence-electron chi connectivity index (χ3n) is 4.75. The van der Waals surface area contributed by atoms with E-state index in [0.29, 0.717) is 18.0 Å². The lowest BCUT2D eigenvalue weighted by atomic mass is 10.1. The number of carbonyl (C=O) groups excluding carboxylic acids is 1. The van der Waals surface area contributed by atoms with Gasteiger partial charge in [0.05, 0.1) is 11.3 Å². The van der Waals surface area contributed by atoms with Crippen molar-refractivity contribution in [2.75, 3.05) is 18.4 Å². The van der Waals surface area contributed by atoms with Crippen LogP contribution in [0.2, 0.25) is 0 Å². The Bertz CT molecular complexity index is 992. The summed E-state index contributed by atoms with van der Waals surface area (Å²) >= 11 is 1.04. The lowest BCUT2D eigenvalue weighted by Gasteiger charge is -2.18. The summed E-state index contributed by atoms with van der Waals surface area (Å²) in [7, 11) is -3.66. The first-order valence-corrected chi connectivity index (χ1v) is 11.4. The molecule has 29 heavy (non-hydrogen) atoms. The van der Waals surface area contributed by atoms with E-state index < -0.39 is 27.7 Å². The highest BCUT2D eigenvalue weighted by Crippen LogP contribution is 2.33. The molecule has 3 rings (SSSR count). The van der Waals surface area contributed by atoms with E-state index in [2.05, 4.69) is 5.32 Å². The third-order valence-corrected chi connectivity index (χ3v) is 8.15. The summed E-state index contributed by atoms with van der Waals surface area (Å²) in [6.45, 7) is 2.59. The van der Waals surface area contributed by atoms with Gasteiger partial charge in [0.1, 0.15) is 4.21 Å². The van der Waals surface area contributed by atoms with Crippen molar-refractivity contribution in [3.05, 3.63) is 46.3 Å². The molecule has 1 aromatic carbocycles. The van der Waals surface area contributed by atoms with Gasteiger partial charge in [0.2, 0.25) is 0 Å². The molecule has 0 spiro atoms. The molecule has 0 bridgehead atoms. The second-order valence-electron chi connectivity index (χ2n) is 6.89. The van der Waals surface area contributed by atoms with Gasteiger partial charge >= 0.3 is 6.18 Å². The summed E-state index contributed by atoms with van der Waals surface area (Å²) in [6, 6.07) is 5.48. The number of carbonyl (C=O) groups is 1. The molecule has 1 saturated heterocycles. The monoisotopic (exact) mass is 446 g/mol. The zero-order valence-corrected chi connectivity index (χ0v) is 17.4. The average molecular weight is 447 g/mol. The number of aryl methyl sites for hydroxylation is 1. The van der Waals surface area contributed by atoms with E-state index in [1.54, 1.807) is 6.92 Å². The number of thiophene rings is 1. The van der Waals surface area contributed by atoms with Crippen molar-refractivity contribution >= 4 is 33.0 Å². The van der Waals surface area contributed by atoms with E-state index >= 15 is 0 Å². The van der Waals surface area contributed by atoms with Crippen molar-refractivity contribution in [1.82, 2.24) is 4.31 Å². The predicted molar refractivity (Wildman–Crippen MR) is 106 cm³/mol. The van der Waals surface area contributed by atoms with Crippen LogP contribution in [0.4, 0.5) is 18.9 Å². The molecule has 2 aromatic rings. The zero-order valence-electron chi connectivity index (χ0n) is 15.8. The third kappa shape index (κ3) is 4.99. The summed E-state index contributed by atoms with van der Waals surface area (Å²) in [6.07, 6.45) is -0.948. The summed E-state index contributed by atoms with van der Waals surface area (Å²) in [5.41, 5.74) is -0.787. The number of hydrogen-bond acceptors (Lipinski definition) is 4. The minimum atomic E-state index is -4.55. The minimum Gasteiger partial charge on any atom is -0.321 e. The number of amides is 1. The first kappa shape index (κ1) is 21.8. The summed E-state index contributed by atoms with van der Waals surface area (Å²) in [4.78, 5) is 13.0. The summed E-state index contributed by atoms with van der Waals surface area (Å²) in [5, 5.41) is 2.53. The number of nitrogens with zero attached hydrogens (tertiary/aromatic N) is 1. The maximum atomic E-state index is 12.9. The molecule has 0 radical (unpaired) electrons. The molecule has 1 aliphatic heterocycles. The minimum absolute atomic E-state index is 0.122. The Morgan fingerprint density at radius 2 is 1.76 bits per heavy atom. The van der Waals surface area contributed by atoms with Crippen LogP contribution in [-0.4, -0.2) is 31.7 Å². The van der Waals surface area contributed by atoms with Gasteiger partial charge in [0.15, 0.2) is 0 Å². The van der Waals surface area contributed by atoms with Crippen molar-refractivity contribution in [3.8, 4) is 0 Å². The zero-order chi connectivity index (χ0) is 21.2. The van der Waals surface area contributed by atoms with Crippen LogP contribution in [0.15, 0.2) is 34.5 Å².